The summed E-state index contributed by atoms with van der Waals surface area (Å²) in [4.78, 5) is 141. The summed E-state index contributed by atoms with van der Waals surface area (Å²) in [5.41, 5.74) is 1.29. The maximum atomic E-state index is 13.7. The Labute approximate surface area is 512 Å². The number of carbonyl (C=O) groups excluding carboxylic acids is 11. The molecule has 5 rings (SSSR count). The van der Waals surface area contributed by atoms with Gasteiger partial charge in [0.1, 0.15) is 47.3 Å². The molecule has 0 amide bonds. The number of unbranched alkanes of at least 4 members (excludes halogenated alkanes) is 2. The first-order chi connectivity index (χ1) is 42.2. The van der Waals surface area contributed by atoms with Crippen molar-refractivity contribution < 1.29 is 105 Å². The zero-order chi connectivity index (χ0) is 64.1. The number of esters is 11. The molecule has 3 aliphatic carbocycles. The number of benzene rings is 2. The van der Waals surface area contributed by atoms with Crippen LogP contribution in [0.4, 0.5) is 0 Å². The van der Waals surface area contributed by atoms with E-state index in [0.29, 0.717) is 89.9 Å². The Morgan fingerprint density at radius 1 is 0.386 bits per heavy atom. The maximum Gasteiger partial charge on any atom is 0.342 e. The van der Waals surface area contributed by atoms with Crippen LogP contribution in [0.2, 0.25) is 0 Å². The molecule has 2 aromatic rings. The maximum absolute atomic E-state index is 13.7. The lowest BCUT2D eigenvalue weighted by molar-refractivity contribution is -0.152. The quantitative estimate of drug-likeness (QED) is 0.0160. The van der Waals surface area contributed by atoms with Crippen LogP contribution in [0.15, 0.2) is 98.2 Å². The Hall–Kier alpha value is -8.69. The van der Waals surface area contributed by atoms with E-state index in [0.717, 1.165) is 23.3 Å². The summed E-state index contributed by atoms with van der Waals surface area (Å²) < 4.78 is 59.7. The van der Waals surface area contributed by atoms with Gasteiger partial charge < -0.3 is 52.1 Å². The normalized spacial score (nSPS) is 18.7. The third-order valence-electron chi connectivity index (χ3n) is 15.1. The minimum Gasteiger partial charge on any atom is -0.465 e. The second-order valence-electron chi connectivity index (χ2n) is 21.8. The predicted octanol–water partition coefficient (Wildman–Crippen LogP) is 9.88. The van der Waals surface area contributed by atoms with Crippen LogP contribution in [-0.2, 0) is 76.3 Å². The predicted molar refractivity (Wildman–Crippen MR) is 314 cm³/mol. The average molecular weight is 1230 g/mol. The monoisotopic (exact) mass is 1220 g/mol. The van der Waals surface area contributed by atoms with Crippen LogP contribution in [0.1, 0.15) is 150 Å². The Balaban J connectivity index is 1.16. The van der Waals surface area contributed by atoms with Gasteiger partial charge in [-0.1, -0.05) is 44.0 Å². The van der Waals surface area contributed by atoms with Crippen molar-refractivity contribution in [1.29, 1.82) is 0 Å². The fourth-order valence-corrected chi connectivity index (χ4v) is 9.78. The van der Waals surface area contributed by atoms with Gasteiger partial charge in [0.25, 0.3) is 0 Å². The second kappa shape index (κ2) is 36.5. The van der Waals surface area contributed by atoms with E-state index >= 15 is 0 Å². The fourth-order valence-electron chi connectivity index (χ4n) is 9.78. The van der Waals surface area contributed by atoms with Gasteiger partial charge in [-0.15, -0.1) is 0 Å². The molecule has 476 valence electrons. The average Bonchev–Trinajstić information content (AvgIpc) is 3.05. The van der Waals surface area contributed by atoms with Crippen molar-refractivity contribution >= 4 is 65.7 Å². The summed E-state index contributed by atoms with van der Waals surface area (Å²) in [7, 11) is 0. The van der Waals surface area contributed by atoms with E-state index in [9.17, 15) is 52.7 Å². The summed E-state index contributed by atoms with van der Waals surface area (Å²) in [6.07, 6.45) is 8.66. The van der Waals surface area contributed by atoms with Gasteiger partial charge in [-0.05, 0) is 166 Å². The standard InChI is InChI=1S/C66H80O22/c1-8-56(67)78-32-10-12-34-80-59(70)44-16-20-48(21-17-44)63(74)87-54-30-28-50(39-52(54)65(76)82-36-14-15-43(7)41(3)4)85-61(72)46-24-26-47(27-25-46)62(73)86-51-29-31-55(53(40-51)66(77)84-38-37-83-58(69)42(5)6)88-64(75)49-22-18-45(19-23-49)60(71)81-35-13-11-33-79-57(68)9-2/h8-9,28-31,39-40,44-49H,1-3,5,7,10-27,32-38H2,4,6H3. The lowest BCUT2D eigenvalue weighted by Crippen LogP contribution is -2.30. The van der Waals surface area contributed by atoms with Crippen molar-refractivity contribution in [3.8, 4) is 23.0 Å². The van der Waals surface area contributed by atoms with E-state index in [-0.39, 0.29) is 118 Å². The van der Waals surface area contributed by atoms with E-state index < -0.39 is 95.2 Å². The number of carbonyl (C=O) groups is 11. The van der Waals surface area contributed by atoms with Crippen molar-refractivity contribution in [3.63, 3.8) is 0 Å². The Kier molecular flexibility index (Phi) is 29.0. The van der Waals surface area contributed by atoms with Crippen LogP contribution in [0.5, 0.6) is 23.0 Å². The Morgan fingerprint density at radius 2 is 0.705 bits per heavy atom. The summed E-state index contributed by atoms with van der Waals surface area (Å²) in [5, 5.41) is 0. The first-order valence-electron chi connectivity index (χ1n) is 29.7. The van der Waals surface area contributed by atoms with Crippen LogP contribution in [0.25, 0.3) is 0 Å². The largest absolute Gasteiger partial charge is 0.465 e. The van der Waals surface area contributed by atoms with Gasteiger partial charge in [-0.25, -0.2) is 24.0 Å². The molecule has 3 fully saturated rings. The van der Waals surface area contributed by atoms with Crippen LogP contribution < -0.4 is 18.9 Å². The number of hydrogen-bond acceptors (Lipinski definition) is 22. The molecule has 0 spiro atoms. The minimum atomic E-state index is -0.982. The molecule has 3 saturated carbocycles. The number of ether oxygens (including phenoxy) is 11. The van der Waals surface area contributed by atoms with E-state index in [1.807, 2.05) is 6.92 Å². The Morgan fingerprint density at radius 3 is 1.06 bits per heavy atom. The molecule has 3 aliphatic rings. The van der Waals surface area contributed by atoms with Crippen molar-refractivity contribution in [3.05, 3.63) is 109 Å². The Bertz CT molecular complexity index is 2700. The molecule has 0 N–H and O–H groups in total. The van der Waals surface area contributed by atoms with Gasteiger partial charge in [0.15, 0.2) is 0 Å². The molecule has 0 heterocycles. The van der Waals surface area contributed by atoms with Crippen LogP contribution >= 0.6 is 0 Å². The lowest BCUT2D eigenvalue weighted by Gasteiger charge is -2.26. The van der Waals surface area contributed by atoms with Crippen molar-refractivity contribution in [2.75, 3.05) is 46.2 Å². The molecule has 22 nitrogen and oxygen atoms in total. The second-order valence-corrected chi connectivity index (χ2v) is 21.8. The number of allylic oxidation sites excluding steroid dienone is 2. The number of rotatable bonds is 33. The van der Waals surface area contributed by atoms with Crippen molar-refractivity contribution in [2.24, 2.45) is 35.5 Å². The minimum absolute atomic E-state index is 0.00397. The van der Waals surface area contributed by atoms with Gasteiger partial charge in [0.05, 0.1) is 68.5 Å². The molecule has 0 aromatic heterocycles. The third-order valence-corrected chi connectivity index (χ3v) is 15.1. The van der Waals surface area contributed by atoms with Gasteiger partial charge in [0, 0.05) is 17.7 Å². The van der Waals surface area contributed by atoms with E-state index in [1.54, 1.807) is 0 Å². The molecule has 88 heavy (non-hydrogen) atoms. The lowest BCUT2D eigenvalue weighted by atomic mass is 9.82. The highest BCUT2D eigenvalue weighted by molar-refractivity contribution is 5.96. The van der Waals surface area contributed by atoms with Gasteiger partial charge in [-0.2, -0.15) is 0 Å². The smallest absolute Gasteiger partial charge is 0.342 e. The third kappa shape index (κ3) is 23.2. The molecule has 0 aliphatic heterocycles. The summed E-state index contributed by atoms with van der Waals surface area (Å²) in [6.45, 7) is 21.3. The zero-order valence-electron chi connectivity index (χ0n) is 50.3. The van der Waals surface area contributed by atoms with Gasteiger partial charge in [0.2, 0.25) is 0 Å². The molecule has 2 aromatic carbocycles. The highest BCUT2D eigenvalue weighted by atomic mass is 16.6. The molecule has 0 bridgehead atoms. The van der Waals surface area contributed by atoms with Gasteiger partial charge in [-0.3, -0.25) is 28.8 Å². The fraction of sp³-hybridized carbons (Fsp3) is 0.500. The molecule has 0 unspecified atom stereocenters. The van der Waals surface area contributed by atoms with Gasteiger partial charge >= 0.3 is 65.7 Å². The molecular formula is C66H80O22. The molecule has 0 saturated heterocycles. The summed E-state index contributed by atoms with van der Waals surface area (Å²) >= 11 is 0. The highest BCUT2D eigenvalue weighted by Crippen LogP contribution is 2.37. The number of hydrogen-bond donors (Lipinski definition) is 0. The molecule has 0 atom stereocenters. The first-order valence-corrected chi connectivity index (χ1v) is 29.7. The van der Waals surface area contributed by atoms with E-state index in [4.69, 9.17) is 52.1 Å². The first kappa shape index (κ1) is 70.1. The zero-order valence-corrected chi connectivity index (χ0v) is 50.3. The summed E-state index contributed by atoms with van der Waals surface area (Å²) in [5.74, 6) is -10.7. The van der Waals surface area contributed by atoms with Crippen molar-refractivity contribution in [2.45, 2.75) is 129 Å². The molecule has 0 radical (unpaired) electrons. The molecular weight excluding hydrogens is 1140 g/mol. The molecule has 22 heteroatoms. The van der Waals surface area contributed by atoms with Crippen LogP contribution in [0.3, 0.4) is 0 Å². The SMILES string of the molecule is C=CC(=O)OCCCCOC(=O)C1CCC(C(=O)Oc2ccc(OC(=O)C3CCC(C(=O)Oc4ccc(OC(=O)C5CCC(C(=O)OCCCCOC(=O)C=C)CC5)c(C(=O)OCCOC(=O)C(=C)C)c4)CC3)cc2C(=O)OCCCC(=C)C(=C)C)CC1. The van der Waals surface area contributed by atoms with Crippen LogP contribution in [0, 0.1) is 35.5 Å². The summed E-state index contributed by atoms with van der Waals surface area (Å²) in [6, 6.07) is 7.79. The highest BCUT2D eigenvalue weighted by Gasteiger charge is 2.36. The van der Waals surface area contributed by atoms with E-state index in [1.165, 1.54) is 43.3 Å². The van der Waals surface area contributed by atoms with Crippen LogP contribution in [-0.4, -0.2) is 112 Å². The van der Waals surface area contributed by atoms with Crippen molar-refractivity contribution in [1.82, 2.24) is 0 Å². The topological polar surface area (TPSA) is 289 Å². The van der Waals surface area contributed by atoms with E-state index in [2.05, 4.69) is 32.9 Å².